The lowest BCUT2D eigenvalue weighted by atomic mass is 10.2. The van der Waals surface area contributed by atoms with Gasteiger partial charge in [0.05, 0.1) is 11.0 Å². The first-order valence-corrected chi connectivity index (χ1v) is 7.34. The lowest BCUT2D eigenvalue weighted by molar-refractivity contribution is 0.102. The Hall–Kier alpha value is -2.14. The van der Waals surface area contributed by atoms with E-state index in [0.29, 0.717) is 5.56 Å². The van der Waals surface area contributed by atoms with Crippen molar-refractivity contribution < 1.29 is 4.79 Å². The molecule has 0 aliphatic rings. The molecule has 0 saturated carbocycles. The molecule has 5 heteroatoms. The summed E-state index contributed by atoms with van der Waals surface area (Å²) in [7, 11) is 1.98. The summed E-state index contributed by atoms with van der Waals surface area (Å²) in [6.45, 7) is 1.96. The normalized spacial score (nSPS) is 10.8. The number of halogens is 1. The van der Waals surface area contributed by atoms with E-state index in [4.69, 9.17) is 0 Å². The van der Waals surface area contributed by atoms with Gasteiger partial charge in [0, 0.05) is 22.8 Å². The van der Waals surface area contributed by atoms with Crippen LogP contribution in [0.3, 0.4) is 0 Å². The SMILES string of the molecule is Cc1nc2cc(NC(=O)c3ccc(Br)cc3)ccc2n1C. The zero-order valence-electron chi connectivity index (χ0n) is 11.7. The molecule has 2 aromatic carbocycles. The van der Waals surface area contributed by atoms with Gasteiger partial charge in [0.2, 0.25) is 0 Å². The van der Waals surface area contributed by atoms with Crippen molar-refractivity contribution in [2.24, 2.45) is 7.05 Å². The molecule has 4 nitrogen and oxygen atoms in total. The van der Waals surface area contributed by atoms with Gasteiger partial charge < -0.3 is 9.88 Å². The van der Waals surface area contributed by atoms with Gasteiger partial charge in [-0.2, -0.15) is 0 Å². The number of anilines is 1. The van der Waals surface area contributed by atoms with Crippen LogP contribution in [0.2, 0.25) is 0 Å². The molecule has 1 amide bonds. The molecule has 0 saturated heterocycles. The quantitative estimate of drug-likeness (QED) is 0.767. The monoisotopic (exact) mass is 343 g/mol. The van der Waals surface area contributed by atoms with Crippen molar-refractivity contribution >= 4 is 38.6 Å². The van der Waals surface area contributed by atoms with Crippen molar-refractivity contribution in [3.05, 3.63) is 58.3 Å². The number of carbonyl (C=O) groups excluding carboxylic acids is 1. The van der Waals surface area contributed by atoms with Crippen molar-refractivity contribution in [1.82, 2.24) is 9.55 Å². The van der Waals surface area contributed by atoms with Crippen LogP contribution < -0.4 is 5.32 Å². The summed E-state index contributed by atoms with van der Waals surface area (Å²) in [5.74, 6) is 0.816. The molecule has 0 aliphatic heterocycles. The Balaban J connectivity index is 1.87. The Morgan fingerprint density at radius 2 is 1.90 bits per heavy atom. The maximum Gasteiger partial charge on any atom is 0.255 e. The highest BCUT2D eigenvalue weighted by atomic mass is 79.9. The standard InChI is InChI=1S/C16H14BrN3O/c1-10-18-14-9-13(7-8-15(14)20(10)2)19-16(21)11-3-5-12(17)6-4-11/h3-9H,1-2H3,(H,19,21). The third-order valence-electron chi connectivity index (χ3n) is 3.47. The van der Waals surface area contributed by atoms with Crippen molar-refractivity contribution in [3.8, 4) is 0 Å². The number of aromatic nitrogens is 2. The minimum Gasteiger partial charge on any atom is -0.331 e. The molecular weight excluding hydrogens is 330 g/mol. The second-order valence-electron chi connectivity index (χ2n) is 4.88. The number of nitrogens with zero attached hydrogens (tertiary/aromatic N) is 2. The Kier molecular flexibility index (Phi) is 3.51. The molecule has 0 bridgehead atoms. The lowest BCUT2D eigenvalue weighted by Gasteiger charge is -2.05. The van der Waals surface area contributed by atoms with E-state index in [-0.39, 0.29) is 5.91 Å². The summed E-state index contributed by atoms with van der Waals surface area (Å²) < 4.78 is 2.97. The van der Waals surface area contributed by atoms with Crippen LogP contribution in [0.1, 0.15) is 16.2 Å². The van der Waals surface area contributed by atoms with Crippen LogP contribution in [-0.2, 0) is 7.05 Å². The highest BCUT2D eigenvalue weighted by Gasteiger charge is 2.08. The van der Waals surface area contributed by atoms with E-state index in [1.807, 2.05) is 48.9 Å². The molecule has 0 atom stereocenters. The van der Waals surface area contributed by atoms with Crippen molar-refractivity contribution in [2.75, 3.05) is 5.32 Å². The summed E-state index contributed by atoms with van der Waals surface area (Å²) >= 11 is 3.36. The number of hydrogen-bond donors (Lipinski definition) is 1. The molecule has 0 fully saturated rings. The van der Waals surface area contributed by atoms with Crippen LogP contribution in [0.4, 0.5) is 5.69 Å². The third-order valence-corrected chi connectivity index (χ3v) is 4.00. The van der Waals surface area contributed by atoms with Gasteiger partial charge in [-0.05, 0) is 49.4 Å². The van der Waals surface area contributed by atoms with Gasteiger partial charge in [0.25, 0.3) is 5.91 Å². The van der Waals surface area contributed by atoms with E-state index in [9.17, 15) is 4.79 Å². The van der Waals surface area contributed by atoms with Crippen LogP contribution in [-0.4, -0.2) is 15.5 Å². The summed E-state index contributed by atoms with van der Waals surface area (Å²) in [6.07, 6.45) is 0. The number of amides is 1. The molecule has 3 aromatic rings. The summed E-state index contributed by atoms with van der Waals surface area (Å²) in [6, 6.07) is 13.0. The average Bonchev–Trinajstić information content (AvgIpc) is 2.74. The molecule has 0 radical (unpaired) electrons. The first-order valence-electron chi connectivity index (χ1n) is 6.54. The smallest absolute Gasteiger partial charge is 0.255 e. The second kappa shape index (κ2) is 5.33. The molecular formula is C16H14BrN3O. The van der Waals surface area contributed by atoms with E-state index < -0.39 is 0 Å². The van der Waals surface area contributed by atoms with Gasteiger partial charge >= 0.3 is 0 Å². The number of nitrogens with one attached hydrogen (secondary N) is 1. The van der Waals surface area contributed by atoms with Gasteiger partial charge in [-0.15, -0.1) is 0 Å². The fourth-order valence-corrected chi connectivity index (χ4v) is 2.47. The highest BCUT2D eigenvalue weighted by Crippen LogP contribution is 2.20. The first kappa shape index (κ1) is 13.8. The molecule has 0 aliphatic carbocycles. The number of aryl methyl sites for hydroxylation is 2. The molecule has 0 unspecified atom stereocenters. The van der Waals surface area contributed by atoms with Crippen LogP contribution in [0.15, 0.2) is 46.9 Å². The molecule has 21 heavy (non-hydrogen) atoms. The number of benzene rings is 2. The third kappa shape index (κ3) is 2.69. The van der Waals surface area contributed by atoms with Crippen LogP contribution >= 0.6 is 15.9 Å². The van der Waals surface area contributed by atoms with E-state index in [2.05, 4.69) is 26.2 Å². The predicted octanol–water partition coefficient (Wildman–Crippen LogP) is 3.90. The van der Waals surface area contributed by atoms with Crippen molar-refractivity contribution in [2.45, 2.75) is 6.92 Å². The number of carbonyl (C=O) groups is 1. The lowest BCUT2D eigenvalue weighted by Crippen LogP contribution is -2.11. The number of imidazole rings is 1. The second-order valence-corrected chi connectivity index (χ2v) is 5.80. The summed E-state index contributed by atoms with van der Waals surface area (Å²) in [5, 5.41) is 2.90. The van der Waals surface area contributed by atoms with Gasteiger partial charge in [0.1, 0.15) is 5.82 Å². The van der Waals surface area contributed by atoms with Crippen LogP contribution in [0.25, 0.3) is 11.0 Å². The van der Waals surface area contributed by atoms with Gasteiger partial charge in [-0.3, -0.25) is 4.79 Å². The number of fused-ring (bicyclic) bond motifs is 1. The Morgan fingerprint density at radius 3 is 2.62 bits per heavy atom. The van der Waals surface area contributed by atoms with Gasteiger partial charge in [-0.25, -0.2) is 4.98 Å². The van der Waals surface area contributed by atoms with Crippen molar-refractivity contribution in [1.29, 1.82) is 0 Å². The minimum atomic E-state index is -0.130. The molecule has 1 aromatic heterocycles. The Morgan fingerprint density at radius 1 is 1.19 bits per heavy atom. The van der Waals surface area contributed by atoms with E-state index in [1.54, 1.807) is 12.1 Å². The summed E-state index contributed by atoms with van der Waals surface area (Å²) in [4.78, 5) is 16.7. The largest absolute Gasteiger partial charge is 0.331 e. The average molecular weight is 344 g/mol. The van der Waals surface area contributed by atoms with Crippen molar-refractivity contribution in [3.63, 3.8) is 0 Å². The zero-order valence-corrected chi connectivity index (χ0v) is 13.3. The molecule has 106 valence electrons. The topological polar surface area (TPSA) is 46.9 Å². The Labute approximate surface area is 130 Å². The zero-order chi connectivity index (χ0) is 15.0. The van der Waals surface area contributed by atoms with E-state index in [0.717, 1.165) is 27.0 Å². The van der Waals surface area contributed by atoms with Crippen LogP contribution in [0.5, 0.6) is 0 Å². The molecule has 1 N–H and O–H groups in total. The maximum atomic E-state index is 12.2. The van der Waals surface area contributed by atoms with Crippen LogP contribution in [0, 0.1) is 6.92 Å². The molecule has 0 spiro atoms. The van der Waals surface area contributed by atoms with E-state index >= 15 is 0 Å². The summed E-state index contributed by atoms with van der Waals surface area (Å²) in [5.41, 5.74) is 3.29. The van der Waals surface area contributed by atoms with Gasteiger partial charge in [0.15, 0.2) is 0 Å². The molecule has 3 rings (SSSR count). The van der Waals surface area contributed by atoms with E-state index in [1.165, 1.54) is 0 Å². The minimum absolute atomic E-state index is 0.130. The maximum absolute atomic E-state index is 12.2. The first-order chi connectivity index (χ1) is 10.0. The number of rotatable bonds is 2. The predicted molar refractivity (Wildman–Crippen MR) is 87.5 cm³/mol. The molecule has 1 heterocycles. The number of hydrogen-bond acceptors (Lipinski definition) is 2. The van der Waals surface area contributed by atoms with Gasteiger partial charge in [-0.1, -0.05) is 15.9 Å². The Bertz CT molecular complexity index is 821. The fourth-order valence-electron chi connectivity index (χ4n) is 2.20. The highest BCUT2D eigenvalue weighted by molar-refractivity contribution is 9.10. The fraction of sp³-hybridized carbons (Fsp3) is 0.125.